The van der Waals surface area contributed by atoms with E-state index in [0.29, 0.717) is 17.9 Å². The van der Waals surface area contributed by atoms with Gasteiger partial charge in [-0.25, -0.2) is 9.48 Å². The molecule has 0 fully saturated rings. The largest absolute Gasteiger partial charge is 0.497 e. The minimum atomic E-state index is -0.456. The molecule has 8 nitrogen and oxygen atoms in total. The van der Waals surface area contributed by atoms with Gasteiger partial charge in [0.1, 0.15) is 21.5 Å². The van der Waals surface area contributed by atoms with E-state index in [4.69, 9.17) is 9.47 Å². The summed E-state index contributed by atoms with van der Waals surface area (Å²) in [5.74, 6) is 0.307. The fourth-order valence-electron chi connectivity index (χ4n) is 3.96. The normalized spacial score (nSPS) is 10.9. The van der Waals surface area contributed by atoms with E-state index in [1.165, 1.54) is 0 Å². The first-order valence-corrected chi connectivity index (χ1v) is 12.6. The second kappa shape index (κ2) is 10.7. The molecule has 0 N–H and O–H groups in total. The molecule has 5 aromatic rings. The van der Waals surface area contributed by atoms with E-state index in [1.807, 2.05) is 67.6 Å². The molecule has 2 aromatic heterocycles. The van der Waals surface area contributed by atoms with Gasteiger partial charge in [0.15, 0.2) is 5.69 Å². The second-order valence-electron chi connectivity index (χ2n) is 8.29. The number of hydrogen-bond donors (Lipinski definition) is 0. The van der Waals surface area contributed by atoms with Crippen LogP contribution >= 0.6 is 11.3 Å². The van der Waals surface area contributed by atoms with Crippen LogP contribution in [-0.4, -0.2) is 44.9 Å². The van der Waals surface area contributed by atoms with Crippen molar-refractivity contribution in [3.05, 3.63) is 89.1 Å². The molecule has 3 aromatic carbocycles. The summed E-state index contributed by atoms with van der Waals surface area (Å²) in [4.78, 5) is 12.9. The lowest BCUT2D eigenvalue weighted by Crippen LogP contribution is -2.15. The van der Waals surface area contributed by atoms with Gasteiger partial charge in [0.05, 0.1) is 20.3 Å². The fraction of sp³-hybridized carbons (Fsp3) is 0.179. The number of ether oxygens (including phenoxy) is 2. The molecule has 186 valence electrons. The zero-order chi connectivity index (χ0) is 25.8. The minimum absolute atomic E-state index is 0.261. The van der Waals surface area contributed by atoms with Crippen molar-refractivity contribution in [1.82, 2.24) is 25.2 Å². The van der Waals surface area contributed by atoms with Gasteiger partial charge in [0, 0.05) is 11.1 Å². The zero-order valence-electron chi connectivity index (χ0n) is 20.7. The molecule has 0 radical (unpaired) electrons. The van der Waals surface area contributed by atoms with Gasteiger partial charge in [-0.05, 0) is 42.7 Å². The zero-order valence-corrected chi connectivity index (χ0v) is 21.5. The number of aromatic nitrogens is 5. The maximum absolute atomic E-state index is 12.9. The van der Waals surface area contributed by atoms with Crippen molar-refractivity contribution < 1.29 is 14.3 Å². The average molecular weight is 512 g/mol. The Morgan fingerprint density at radius 2 is 1.46 bits per heavy atom. The number of nitrogens with zero attached hydrogens (tertiary/aromatic N) is 5. The summed E-state index contributed by atoms with van der Waals surface area (Å²) in [5.41, 5.74) is 5.72. The summed E-state index contributed by atoms with van der Waals surface area (Å²) in [5, 5.41) is 18.8. The van der Waals surface area contributed by atoms with Crippen LogP contribution in [0.4, 0.5) is 0 Å². The SMILES string of the molecule is CCOC(=O)c1c(-c2ccc(-c3ccc(-c4nnc(C)s4)cc3)cc2)nnn1Cc1ccc(OC)cc1. The highest BCUT2D eigenvalue weighted by Crippen LogP contribution is 2.29. The molecule has 0 aliphatic heterocycles. The highest BCUT2D eigenvalue weighted by atomic mass is 32.1. The van der Waals surface area contributed by atoms with E-state index in [1.54, 1.807) is 30.1 Å². The van der Waals surface area contributed by atoms with E-state index < -0.39 is 5.97 Å². The number of carbonyl (C=O) groups excluding carboxylic acids is 1. The van der Waals surface area contributed by atoms with E-state index in [9.17, 15) is 4.79 Å². The molecule has 0 atom stereocenters. The van der Waals surface area contributed by atoms with Crippen LogP contribution in [0, 0.1) is 6.92 Å². The molecule has 5 rings (SSSR count). The van der Waals surface area contributed by atoms with Crippen molar-refractivity contribution in [2.75, 3.05) is 13.7 Å². The Kier molecular flexibility index (Phi) is 7.04. The van der Waals surface area contributed by atoms with Gasteiger partial charge in [0.25, 0.3) is 0 Å². The molecule has 0 unspecified atom stereocenters. The van der Waals surface area contributed by atoms with Gasteiger partial charge in [-0.3, -0.25) is 0 Å². The van der Waals surface area contributed by atoms with Crippen molar-refractivity contribution in [3.8, 4) is 38.7 Å². The first kappa shape index (κ1) is 24.3. The highest BCUT2D eigenvalue weighted by Gasteiger charge is 2.23. The lowest BCUT2D eigenvalue weighted by molar-refractivity contribution is 0.0513. The standard InChI is InChI=1S/C28H25N5O3S/c1-4-36-28(34)26-25(30-32-33(26)17-19-5-15-24(35-3)16-6-19)22-11-7-20(8-12-22)21-9-13-23(14-10-21)27-31-29-18(2)37-27/h5-16H,4,17H2,1-3H3. The highest BCUT2D eigenvalue weighted by molar-refractivity contribution is 7.14. The van der Waals surface area contributed by atoms with Crippen molar-refractivity contribution in [2.24, 2.45) is 0 Å². The van der Waals surface area contributed by atoms with Crippen LogP contribution in [0.1, 0.15) is 28.0 Å². The van der Waals surface area contributed by atoms with Crippen LogP contribution in [0.25, 0.3) is 33.0 Å². The van der Waals surface area contributed by atoms with Gasteiger partial charge in [0.2, 0.25) is 0 Å². The number of hydrogen-bond acceptors (Lipinski definition) is 8. The monoisotopic (exact) mass is 511 g/mol. The number of rotatable bonds is 8. The van der Waals surface area contributed by atoms with Crippen LogP contribution < -0.4 is 4.74 Å². The summed E-state index contributed by atoms with van der Waals surface area (Å²) in [6.45, 7) is 4.37. The molecule has 0 spiro atoms. The topological polar surface area (TPSA) is 92.0 Å². The summed E-state index contributed by atoms with van der Waals surface area (Å²) in [7, 11) is 1.62. The van der Waals surface area contributed by atoms with Crippen molar-refractivity contribution in [1.29, 1.82) is 0 Å². The number of aryl methyl sites for hydroxylation is 1. The Morgan fingerprint density at radius 1 is 0.838 bits per heavy atom. The molecule has 0 amide bonds. The van der Waals surface area contributed by atoms with Crippen LogP contribution in [0.2, 0.25) is 0 Å². The third-order valence-electron chi connectivity index (χ3n) is 5.84. The molecule has 0 aliphatic carbocycles. The van der Waals surface area contributed by atoms with Gasteiger partial charge in [-0.1, -0.05) is 77.2 Å². The van der Waals surface area contributed by atoms with Crippen molar-refractivity contribution in [3.63, 3.8) is 0 Å². The summed E-state index contributed by atoms with van der Waals surface area (Å²) in [6, 6.07) is 23.8. The Bertz CT molecular complexity index is 1510. The van der Waals surface area contributed by atoms with Crippen molar-refractivity contribution >= 4 is 17.3 Å². The van der Waals surface area contributed by atoms with Gasteiger partial charge in [-0.2, -0.15) is 0 Å². The van der Waals surface area contributed by atoms with Gasteiger partial charge in [-0.15, -0.1) is 15.3 Å². The average Bonchev–Trinajstić information content (AvgIpc) is 3.56. The minimum Gasteiger partial charge on any atom is -0.497 e. The third-order valence-corrected chi connectivity index (χ3v) is 6.73. The Labute approximate surface area is 218 Å². The molecule has 9 heteroatoms. The number of methoxy groups -OCH3 is 1. The van der Waals surface area contributed by atoms with E-state index in [0.717, 1.165) is 43.6 Å². The van der Waals surface area contributed by atoms with E-state index in [2.05, 4.69) is 32.6 Å². The predicted molar refractivity (Wildman–Crippen MR) is 143 cm³/mol. The summed E-state index contributed by atoms with van der Waals surface area (Å²) >= 11 is 1.57. The van der Waals surface area contributed by atoms with E-state index in [-0.39, 0.29) is 6.61 Å². The van der Waals surface area contributed by atoms with E-state index >= 15 is 0 Å². The molecule has 2 heterocycles. The third kappa shape index (κ3) is 5.26. The quantitative estimate of drug-likeness (QED) is 0.248. The predicted octanol–water partition coefficient (Wildman–Crippen LogP) is 5.67. The molecular weight excluding hydrogens is 486 g/mol. The Balaban J connectivity index is 1.41. The van der Waals surface area contributed by atoms with Crippen LogP contribution in [-0.2, 0) is 11.3 Å². The van der Waals surface area contributed by atoms with Crippen LogP contribution in [0.3, 0.4) is 0 Å². The maximum atomic E-state index is 12.9. The first-order valence-electron chi connectivity index (χ1n) is 11.8. The molecule has 37 heavy (non-hydrogen) atoms. The first-order chi connectivity index (χ1) is 18.1. The lowest BCUT2D eigenvalue weighted by Gasteiger charge is -2.09. The Morgan fingerprint density at radius 3 is 2.03 bits per heavy atom. The molecule has 0 saturated carbocycles. The van der Waals surface area contributed by atoms with Crippen molar-refractivity contribution in [2.45, 2.75) is 20.4 Å². The molecular formula is C28H25N5O3S. The fourth-order valence-corrected chi connectivity index (χ4v) is 4.66. The van der Waals surface area contributed by atoms with Crippen LogP contribution in [0.5, 0.6) is 5.75 Å². The number of carbonyl (C=O) groups is 1. The Hall–Kier alpha value is -4.37. The van der Waals surface area contributed by atoms with Crippen LogP contribution in [0.15, 0.2) is 72.8 Å². The summed E-state index contributed by atoms with van der Waals surface area (Å²) < 4.78 is 12.1. The maximum Gasteiger partial charge on any atom is 0.358 e. The molecule has 0 aliphatic rings. The number of esters is 1. The number of benzene rings is 3. The summed E-state index contributed by atoms with van der Waals surface area (Å²) in [6.07, 6.45) is 0. The lowest BCUT2D eigenvalue weighted by atomic mass is 10.0. The molecule has 0 saturated heterocycles. The second-order valence-corrected chi connectivity index (χ2v) is 9.48. The molecule has 0 bridgehead atoms. The smallest absolute Gasteiger partial charge is 0.358 e. The van der Waals surface area contributed by atoms with Gasteiger partial charge < -0.3 is 9.47 Å². The van der Waals surface area contributed by atoms with Gasteiger partial charge >= 0.3 is 5.97 Å².